The maximum absolute atomic E-state index is 12.0. The maximum Gasteiger partial charge on any atom is 0.312 e. The summed E-state index contributed by atoms with van der Waals surface area (Å²) in [7, 11) is 0. The van der Waals surface area contributed by atoms with Crippen LogP contribution in [0.2, 0.25) is 0 Å². The fourth-order valence-corrected chi connectivity index (χ4v) is 2.94. The van der Waals surface area contributed by atoms with Gasteiger partial charge in [-0.25, -0.2) is 4.98 Å². The summed E-state index contributed by atoms with van der Waals surface area (Å²) in [5.74, 6) is -0.0758. The van der Waals surface area contributed by atoms with E-state index in [0.717, 1.165) is 4.88 Å². The zero-order chi connectivity index (χ0) is 19.2. The van der Waals surface area contributed by atoms with Gasteiger partial charge in [-0.2, -0.15) is 5.26 Å². The van der Waals surface area contributed by atoms with Crippen LogP contribution in [0, 0.1) is 18.3 Å². The van der Waals surface area contributed by atoms with E-state index in [2.05, 4.69) is 10.3 Å². The first kappa shape index (κ1) is 18.4. The lowest BCUT2D eigenvalue weighted by molar-refractivity contribution is -0.146. The molecule has 0 fully saturated rings. The summed E-state index contributed by atoms with van der Waals surface area (Å²) < 4.78 is 10.6. The predicted molar refractivity (Wildman–Crippen MR) is 99.0 cm³/mol. The summed E-state index contributed by atoms with van der Waals surface area (Å²) in [6, 6.07) is 12.2. The molecule has 0 spiro atoms. The zero-order valence-corrected chi connectivity index (χ0v) is 15.2. The van der Waals surface area contributed by atoms with Crippen molar-refractivity contribution in [1.82, 2.24) is 4.98 Å². The molecule has 3 aromatic rings. The van der Waals surface area contributed by atoms with Crippen LogP contribution in [0.15, 0.2) is 46.2 Å². The lowest BCUT2D eigenvalue weighted by atomic mass is 10.2. The minimum Gasteiger partial charge on any atom is -0.455 e. The summed E-state index contributed by atoms with van der Waals surface area (Å²) in [5, 5.41) is 13.3. The van der Waals surface area contributed by atoms with E-state index in [4.69, 9.17) is 14.4 Å². The quantitative estimate of drug-likeness (QED) is 0.657. The van der Waals surface area contributed by atoms with Gasteiger partial charge in [0.2, 0.25) is 5.89 Å². The SMILES string of the molecule is Cc1oc(-c2cccs2)nc1CC(=O)OCC(=O)Nc1cccc(C#N)c1. The van der Waals surface area contributed by atoms with Crippen LogP contribution >= 0.6 is 11.3 Å². The van der Waals surface area contributed by atoms with Gasteiger partial charge in [-0.15, -0.1) is 11.3 Å². The van der Waals surface area contributed by atoms with E-state index in [9.17, 15) is 9.59 Å². The molecule has 0 saturated carbocycles. The van der Waals surface area contributed by atoms with Crippen molar-refractivity contribution in [2.45, 2.75) is 13.3 Å². The number of anilines is 1. The number of thiophene rings is 1. The average molecular weight is 381 g/mol. The fraction of sp³-hybridized carbons (Fsp3) is 0.158. The topological polar surface area (TPSA) is 105 Å². The molecule has 0 bridgehead atoms. The number of oxazole rings is 1. The van der Waals surface area contributed by atoms with Gasteiger partial charge in [-0.05, 0) is 36.6 Å². The lowest BCUT2D eigenvalue weighted by Crippen LogP contribution is -2.21. The molecule has 1 aromatic carbocycles. The van der Waals surface area contributed by atoms with Crippen LogP contribution in [0.4, 0.5) is 5.69 Å². The molecule has 0 saturated heterocycles. The van der Waals surface area contributed by atoms with Crippen molar-refractivity contribution >= 4 is 28.9 Å². The highest BCUT2D eigenvalue weighted by Gasteiger charge is 2.17. The second-order valence-corrected chi connectivity index (χ2v) is 6.53. The Bertz CT molecular complexity index is 1000. The van der Waals surface area contributed by atoms with Gasteiger partial charge in [0, 0.05) is 5.69 Å². The molecule has 1 amide bonds. The van der Waals surface area contributed by atoms with E-state index in [-0.39, 0.29) is 6.42 Å². The number of aromatic nitrogens is 1. The Hall–Kier alpha value is -3.44. The van der Waals surface area contributed by atoms with Crippen molar-refractivity contribution in [2.24, 2.45) is 0 Å². The van der Waals surface area contributed by atoms with Crippen LogP contribution in [0.5, 0.6) is 0 Å². The molecule has 0 aliphatic heterocycles. The number of amides is 1. The number of rotatable bonds is 6. The third-order valence-corrected chi connectivity index (χ3v) is 4.43. The second-order valence-electron chi connectivity index (χ2n) is 5.58. The molecule has 0 aliphatic carbocycles. The Balaban J connectivity index is 1.52. The van der Waals surface area contributed by atoms with Crippen molar-refractivity contribution < 1.29 is 18.7 Å². The molecular weight excluding hydrogens is 366 g/mol. The monoisotopic (exact) mass is 381 g/mol. The highest BCUT2D eigenvalue weighted by Crippen LogP contribution is 2.26. The number of benzene rings is 1. The lowest BCUT2D eigenvalue weighted by Gasteiger charge is -2.06. The van der Waals surface area contributed by atoms with Crippen molar-refractivity contribution in [2.75, 3.05) is 11.9 Å². The third kappa shape index (κ3) is 4.80. The number of nitriles is 1. The van der Waals surface area contributed by atoms with Crippen molar-refractivity contribution in [3.05, 3.63) is 58.8 Å². The number of ether oxygens (including phenoxy) is 1. The average Bonchev–Trinajstić information content (AvgIpc) is 3.30. The Morgan fingerprint density at radius 2 is 2.19 bits per heavy atom. The van der Waals surface area contributed by atoms with Gasteiger partial charge in [0.1, 0.15) is 5.76 Å². The Kier molecular flexibility index (Phi) is 5.64. The molecule has 136 valence electrons. The molecular formula is C19H15N3O4S. The number of aryl methyl sites for hydroxylation is 1. The molecule has 7 nitrogen and oxygen atoms in total. The van der Waals surface area contributed by atoms with E-state index in [0.29, 0.717) is 28.6 Å². The number of hydrogen-bond acceptors (Lipinski definition) is 7. The van der Waals surface area contributed by atoms with E-state index < -0.39 is 18.5 Å². The summed E-state index contributed by atoms with van der Waals surface area (Å²) >= 11 is 1.49. The molecule has 0 unspecified atom stereocenters. The molecule has 3 rings (SSSR count). The van der Waals surface area contributed by atoms with Crippen LogP contribution in [0.3, 0.4) is 0 Å². The zero-order valence-electron chi connectivity index (χ0n) is 14.4. The van der Waals surface area contributed by atoms with Crippen LogP contribution in [0.1, 0.15) is 17.0 Å². The van der Waals surface area contributed by atoms with Gasteiger partial charge in [0.15, 0.2) is 6.61 Å². The Labute approximate surface area is 159 Å². The first-order chi connectivity index (χ1) is 13.0. The molecule has 2 heterocycles. The van der Waals surface area contributed by atoms with Gasteiger partial charge >= 0.3 is 5.97 Å². The van der Waals surface area contributed by atoms with Gasteiger partial charge in [0.05, 0.1) is 28.6 Å². The fourth-order valence-electron chi connectivity index (χ4n) is 2.30. The van der Waals surface area contributed by atoms with Crippen molar-refractivity contribution in [3.8, 4) is 16.8 Å². The maximum atomic E-state index is 12.0. The molecule has 27 heavy (non-hydrogen) atoms. The van der Waals surface area contributed by atoms with E-state index in [1.807, 2.05) is 23.6 Å². The van der Waals surface area contributed by atoms with E-state index in [1.54, 1.807) is 25.1 Å². The highest BCUT2D eigenvalue weighted by atomic mass is 32.1. The number of nitrogens with one attached hydrogen (secondary N) is 1. The molecule has 0 atom stereocenters. The predicted octanol–water partition coefficient (Wildman–Crippen LogP) is 3.31. The van der Waals surface area contributed by atoms with Crippen LogP contribution in [-0.4, -0.2) is 23.5 Å². The summed E-state index contributed by atoms with van der Waals surface area (Å²) in [6.07, 6.45) is -0.0854. The Morgan fingerprint density at radius 1 is 1.33 bits per heavy atom. The summed E-state index contributed by atoms with van der Waals surface area (Å²) in [4.78, 5) is 29.1. The Morgan fingerprint density at radius 3 is 2.93 bits per heavy atom. The van der Waals surface area contributed by atoms with Crippen LogP contribution in [-0.2, 0) is 20.7 Å². The minimum atomic E-state index is -0.579. The van der Waals surface area contributed by atoms with Gasteiger partial charge < -0.3 is 14.5 Å². The first-order valence-corrected chi connectivity index (χ1v) is 8.89. The van der Waals surface area contributed by atoms with Crippen molar-refractivity contribution in [3.63, 3.8) is 0 Å². The number of carbonyl (C=O) groups is 2. The summed E-state index contributed by atoms with van der Waals surface area (Å²) in [5.41, 5.74) is 1.36. The first-order valence-electron chi connectivity index (χ1n) is 8.01. The van der Waals surface area contributed by atoms with E-state index >= 15 is 0 Å². The highest BCUT2D eigenvalue weighted by molar-refractivity contribution is 7.13. The third-order valence-electron chi connectivity index (χ3n) is 3.58. The number of carbonyl (C=O) groups excluding carboxylic acids is 2. The molecule has 0 radical (unpaired) electrons. The molecule has 1 N–H and O–H groups in total. The van der Waals surface area contributed by atoms with E-state index in [1.165, 1.54) is 17.4 Å². The van der Waals surface area contributed by atoms with Gasteiger partial charge in [0.25, 0.3) is 5.91 Å². The minimum absolute atomic E-state index is 0.0854. The largest absolute Gasteiger partial charge is 0.455 e. The smallest absolute Gasteiger partial charge is 0.312 e. The molecule has 0 aliphatic rings. The standard InChI is InChI=1S/C19H15N3O4S/c1-12-15(22-19(26-12)16-6-3-7-27-16)9-18(24)25-11-17(23)21-14-5-2-4-13(8-14)10-20/h2-8H,9,11H2,1H3,(H,21,23). The number of nitrogens with zero attached hydrogens (tertiary/aromatic N) is 2. The van der Waals surface area contributed by atoms with Crippen LogP contribution < -0.4 is 5.32 Å². The molecule has 8 heteroatoms. The van der Waals surface area contributed by atoms with Crippen molar-refractivity contribution in [1.29, 1.82) is 5.26 Å². The number of hydrogen-bond donors (Lipinski definition) is 1. The summed E-state index contributed by atoms with van der Waals surface area (Å²) in [6.45, 7) is 1.30. The van der Waals surface area contributed by atoms with Gasteiger partial charge in [-0.1, -0.05) is 12.1 Å². The van der Waals surface area contributed by atoms with Gasteiger partial charge in [-0.3, -0.25) is 9.59 Å². The normalized spacial score (nSPS) is 10.2. The second kappa shape index (κ2) is 8.29. The number of esters is 1. The van der Waals surface area contributed by atoms with Crippen LogP contribution in [0.25, 0.3) is 10.8 Å². The molecule has 2 aromatic heterocycles.